The Morgan fingerprint density at radius 2 is 1.77 bits per heavy atom. The number of ether oxygens (including phenoxy) is 1. The van der Waals surface area contributed by atoms with Crippen LogP contribution < -0.4 is 10.1 Å². The van der Waals surface area contributed by atoms with E-state index in [2.05, 4.69) is 41.5 Å². The lowest BCUT2D eigenvalue weighted by Gasteiger charge is -2.14. The van der Waals surface area contributed by atoms with Crippen LogP contribution in [0.25, 0.3) is 10.9 Å². The summed E-state index contributed by atoms with van der Waals surface area (Å²) in [4.78, 5) is 18.5. The van der Waals surface area contributed by atoms with E-state index in [-0.39, 0.29) is 11.9 Å². The number of H-pyrrole nitrogens is 1. The van der Waals surface area contributed by atoms with Gasteiger partial charge in [0.2, 0.25) is 0 Å². The molecule has 0 spiro atoms. The lowest BCUT2D eigenvalue weighted by Crippen LogP contribution is -2.27. The van der Waals surface area contributed by atoms with Gasteiger partial charge in [0.05, 0.1) is 23.6 Å². The molecular formula is C25H24N2O2S. The zero-order valence-electron chi connectivity index (χ0n) is 17.2. The Morgan fingerprint density at radius 1 is 1.03 bits per heavy atom. The second-order valence-electron chi connectivity index (χ2n) is 7.26. The molecule has 4 rings (SSSR count). The number of fused-ring (bicyclic) bond motifs is 1. The number of benzene rings is 3. The number of aromatic nitrogens is 1. The number of methoxy groups -OCH3 is 1. The first-order chi connectivity index (χ1) is 14.5. The van der Waals surface area contributed by atoms with Gasteiger partial charge in [0.25, 0.3) is 5.91 Å². The molecule has 0 aliphatic heterocycles. The summed E-state index contributed by atoms with van der Waals surface area (Å²) in [6, 6.07) is 24.0. The lowest BCUT2D eigenvalue weighted by atomic mass is 10.1. The van der Waals surface area contributed by atoms with E-state index in [0.29, 0.717) is 5.69 Å². The monoisotopic (exact) mass is 416 g/mol. The highest BCUT2D eigenvalue weighted by atomic mass is 32.2. The third-order valence-corrected chi connectivity index (χ3v) is 6.21. The minimum atomic E-state index is -0.129. The highest BCUT2D eigenvalue weighted by molar-refractivity contribution is 7.99. The van der Waals surface area contributed by atoms with Crippen LogP contribution in [0.4, 0.5) is 0 Å². The van der Waals surface area contributed by atoms with Crippen molar-refractivity contribution in [3.05, 3.63) is 89.6 Å². The molecule has 0 bridgehead atoms. The van der Waals surface area contributed by atoms with E-state index < -0.39 is 0 Å². The summed E-state index contributed by atoms with van der Waals surface area (Å²) in [5, 5.41) is 4.12. The molecule has 0 aliphatic carbocycles. The summed E-state index contributed by atoms with van der Waals surface area (Å²) < 4.78 is 5.36. The van der Waals surface area contributed by atoms with Gasteiger partial charge in [-0.3, -0.25) is 4.79 Å². The van der Waals surface area contributed by atoms with Crippen molar-refractivity contribution in [2.24, 2.45) is 0 Å². The number of hydrogen-bond acceptors (Lipinski definition) is 3. The van der Waals surface area contributed by atoms with Crippen LogP contribution in [-0.2, 0) is 0 Å². The molecule has 0 radical (unpaired) electrons. The summed E-state index contributed by atoms with van der Waals surface area (Å²) in [6.45, 7) is 4.06. The highest BCUT2D eigenvalue weighted by Gasteiger charge is 2.21. The molecule has 0 fully saturated rings. The van der Waals surface area contributed by atoms with Crippen LogP contribution in [0.15, 0.2) is 82.6 Å². The van der Waals surface area contributed by atoms with Crippen molar-refractivity contribution in [2.75, 3.05) is 7.11 Å². The Hall–Kier alpha value is -3.18. The average molecular weight is 417 g/mol. The molecule has 1 atom stereocenters. The topological polar surface area (TPSA) is 54.1 Å². The molecule has 0 saturated carbocycles. The number of rotatable bonds is 6. The zero-order valence-corrected chi connectivity index (χ0v) is 18.0. The van der Waals surface area contributed by atoms with Crippen molar-refractivity contribution in [2.45, 2.75) is 29.7 Å². The minimum Gasteiger partial charge on any atom is -0.497 e. The molecule has 30 heavy (non-hydrogen) atoms. The van der Waals surface area contributed by atoms with Crippen LogP contribution in [0.5, 0.6) is 5.75 Å². The van der Waals surface area contributed by atoms with Crippen LogP contribution in [0.1, 0.15) is 34.6 Å². The molecule has 4 aromatic rings. The van der Waals surface area contributed by atoms with Crippen LogP contribution >= 0.6 is 11.8 Å². The molecule has 0 aliphatic rings. The minimum absolute atomic E-state index is 0.100. The Labute approximate surface area is 180 Å². The van der Waals surface area contributed by atoms with E-state index in [1.165, 1.54) is 5.56 Å². The predicted molar refractivity (Wildman–Crippen MR) is 122 cm³/mol. The fourth-order valence-corrected chi connectivity index (χ4v) is 4.40. The van der Waals surface area contributed by atoms with Gasteiger partial charge in [0.15, 0.2) is 0 Å². The van der Waals surface area contributed by atoms with Gasteiger partial charge in [-0.05, 0) is 43.7 Å². The molecule has 1 heterocycles. The summed E-state index contributed by atoms with van der Waals surface area (Å²) >= 11 is 1.59. The van der Waals surface area contributed by atoms with Crippen LogP contribution in [0.2, 0.25) is 0 Å². The van der Waals surface area contributed by atoms with Gasteiger partial charge in [-0.2, -0.15) is 0 Å². The van der Waals surface area contributed by atoms with E-state index in [4.69, 9.17) is 4.74 Å². The van der Waals surface area contributed by atoms with Gasteiger partial charge < -0.3 is 15.0 Å². The average Bonchev–Trinajstić information content (AvgIpc) is 3.13. The van der Waals surface area contributed by atoms with E-state index >= 15 is 0 Å². The SMILES string of the molecule is COc1ccc2c(Sc3ccc(C)cc3)c(C(=O)N[C@@H](C)c3ccccc3)[nH]c2c1. The quantitative estimate of drug-likeness (QED) is 0.398. The van der Waals surface area contributed by atoms with Crippen molar-refractivity contribution in [3.8, 4) is 5.75 Å². The molecule has 3 aromatic carbocycles. The molecule has 5 heteroatoms. The first-order valence-corrected chi connectivity index (χ1v) is 10.7. The van der Waals surface area contributed by atoms with Crippen molar-refractivity contribution in [1.82, 2.24) is 10.3 Å². The van der Waals surface area contributed by atoms with E-state index in [1.54, 1.807) is 18.9 Å². The maximum Gasteiger partial charge on any atom is 0.269 e. The van der Waals surface area contributed by atoms with Gasteiger partial charge in [-0.15, -0.1) is 0 Å². The van der Waals surface area contributed by atoms with Crippen LogP contribution in [-0.4, -0.2) is 18.0 Å². The number of aryl methyl sites for hydroxylation is 1. The number of carbonyl (C=O) groups excluding carboxylic acids is 1. The zero-order chi connectivity index (χ0) is 21.1. The molecule has 0 saturated heterocycles. The first kappa shape index (κ1) is 20.1. The Balaban J connectivity index is 1.71. The Kier molecular flexibility index (Phi) is 5.81. The van der Waals surface area contributed by atoms with Crippen molar-refractivity contribution >= 4 is 28.6 Å². The predicted octanol–water partition coefficient (Wildman–Crippen LogP) is 6.13. The van der Waals surface area contributed by atoms with Crippen LogP contribution in [0.3, 0.4) is 0 Å². The fourth-order valence-electron chi connectivity index (χ4n) is 3.36. The first-order valence-electron chi connectivity index (χ1n) is 9.85. The van der Waals surface area contributed by atoms with Gasteiger partial charge >= 0.3 is 0 Å². The lowest BCUT2D eigenvalue weighted by molar-refractivity contribution is 0.0932. The second kappa shape index (κ2) is 8.67. The van der Waals surface area contributed by atoms with Gasteiger partial charge in [-0.25, -0.2) is 0 Å². The van der Waals surface area contributed by atoms with Gasteiger partial charge in [0.1, 0.15) is 11.4 Å². The maximum absolute atomic E-state index is 13.2. The molecule has 0 unspecified atom stereocenters. The normalized spacial score (nSPS) is 12.0. The van der Waals surface area contributed by atoms with E-state index in [9.17, 15) is 4.79 Å². The van der Waals surface area contributed by atoms with Crippen molar-refractivity contribution in [3.63, 3.8) is 0 Å². The molecule has 1 amide bonds. The summed E-state index contributed by atoms with van der Waals surface area (Å²) in [6.07, 6.45) is 0. The van der Waals surface area contributed by atoms with E-state index in [0.717, 1.165) is 32.0 Å². The van der Waals surface area contributed by atoms with E-state index in [1.807, 2.05) is 55.5 Å². The fraction of sp³-hybridized carbons (Fsp3) is 0.160. The van der Waals surface area contributed by atoms with Gasteiger partial charge in [-0.1, -0.05) is 59.8 Å². The van der Waals surface area contributed by atoms with Crippen molar-refractivity contribution in [1.29, 1.82) is 0 Å². The number of aromatic amines is 1. The molecule has 152 valence electrons. The standard InChI is InChI=1S/C25H24N2O2S/c1-16-9-12-20(13-10-16)30-24-21-14-11-19(29-3)15-22(21)27-23(24)25(28)26-17(2)18-7-5-4-6-8-18/h4-15,17,27H,1-3H3,(H,26,28)/t17-/m0/s1. The molecule has 4 nitrogen and oxygen atoms in total. The number of amides is 1. The second-order valence-corrected chi connectivity index (χ2v) is 8.35. The Morgan fingerprint density at radius 3 is 2.47 bits per heavy atom. The number of carbonyl (C=O) groups is 1. The molecule has 2 N–H and O–H groups in total. The third-order valence-electron chi connectivity index (χ3n) is 5.07. The summed E-state index contributed by atoms with van der Waals surface area (Å²) in [7, 11) is 1.64. The number of nitrogens with one attached hydrogen (secondary N) is 2. The largest absolute Gasteiger partial charge is 0.497 e. The van der Waals surface area contributed by atoms with Gasteiger partial charge in [0, 0.05) is 16.3 Å². The molecular weight excluding hydrogens is 392 g/mol. The number of hydrogen-bond donors (Lipinski definition) is 2. The summed E-state index contributed by atoms with van der Waals surface area (Å²) in [5.41, 5.74) is 3.71. The van der Waals surface area contributed by atoms with Crippen LogP contribution in [0, 0.1) is 6.92 Å². The third kappa shape index (κ3) is 4.21. The Bertz CT molecular complexity index is 1170. The smallest absolute Gasteiger partial charge is 0.269 e. The maximum atomic E-state index is 13.2. The summed E-state index contributed by atoms with van der Waals surface area (Å²) in [5.74, 6) is 0.622. The van der Waals surface area contributed by atoms with Crippen molar-refractivity contribution < 1.29 is 9.53 Å². The highest BCUT2D eigenvalue weighted by Crippen LogP contribution is 2.38. The molecule has 1 aromatic heterocycles.